The van der Waals surface area contributed by atoms with Gasteiger partial charge in [0.1, 0.15) is 17.4 Å². The molecule has 0 bridgehead atoms. The lowest BCUT2D eigenvalue weighted by atomic mass is 10.1. The number of ether oxygens (including phenoxy) is 1. The number of thioether (sulfide) groups is 1. The molecule has 4 nitrogen and oxygen atoms in total. The lowest BCUT2D eigenvalue weighted by Crippen LogP contribution is -2.24. The van der Waals surface area contributed by atoms with Crippen molar-refractivity contribution in [1.82, 2.24) is 9.78 Å². The summed E-state index contributed by atoms with van der Waals surface area (Å²) in [6, 6.07) is 9.83. The first kappa shape index (κ1) is 19.8. The second-order valence-corrected chi connectivity index (χ2v) is 8.44. The number of nitrogens with zero attached hydrogens (tertiary/aromatic N) is 3. The van der Waals surface area contributed by atoms with Crippen LogP contribution in [-0.4, -0.2) is 23.4 Å². The zero-order valence-corrected chi connectivity index (χ0v) is 17.5. The molecule has 1 aliphatic heterocycles. The van der Waals surface area contributed by atoms with E-state index in [0.717, 1.165) is 53.2 Å². The molecule has 0 saturated heterocycles. The molecular weight excluding hydrogens is 392 g/mol. The summed E-state index contributed by atoms with van der Waals surface area (Å²) in [6.07, 6.45) is 2.64. The maximum absolute atomic E-state index is 14.5. The fourth-order valence-electron chi connectivity index (χ4n) is 3.63. The van der Waals surface area contributed by atoms with Crippen molar-refractivity contribution in [1.29, 1.82) is 0 Å². The van der Waals surface area contributed by atoms with Crippen LogP contribution in [0.4, 0.5) is 14.5 Å². The van der Waals surface area contributed by atoms with E-state index in [2.05, 4.69) is 23.0 Å². The largest absolute Gasteiger partial charge is 0.497 e. The van der Waals surface area contributed by atoms with Gasteiger partial charge in [-0.15, -0.1) is 11.8 Å². The molecule has 0 fully saturated rings. The molecule has 1 aromatic heterocycles. The van der Waals surface area contributed by atoms with E-state index in [9.17, 15) is 8.78 Å². The number of methoxy groups -OCH3 is 1. The minimum absolute atomic E-state index is 0.110. The predicted octanol–water partition coefficient (Wildman–Crippen LogP) is 5.26. The monoisotopic (exact) mass is 415 g/mol. The SMILES string of the molecule is COc1ccc2c(c1)SC(c1ccc(F)cc1F)CCN2Cc1cnn(C)c1C. The molecule has 152 valence electrons. The van der Waals surface area contributed by atoms with Gasteiger partial charge in [0.15, 0.2) is 0 Å². The number of halogens is 2. The van der Waals surface area contributed by atoms with Gasteiger partial charge in [-0.05, 0) is 37.6 Å². The molecule has 2 heterocycles. The normalized spacial score (nSPS) is 16.4. The number of aryl methyl sites for hydroxylation is 1. The molecule has 0 aliphatic carbocycles. The van der Waals surface area contributed by atoms with Gasteiger partial charge in [0, 0.05) is 53.2 Å². The highest BCUT2D eigenvalue weighted by atomic mass is 32.2. The molecular formula is C22H23F2N3OS. The Morgan fingerprint density at radius 3 is 2.72 bits per heavy atom. The van der Waals surface area contributed by atoms with Crippen molar-refractivity contribution in [3.63, 3.8) is 0 Å². The topological polar surface area (TPSA) is 30.3 Å². The van der Waals surface area contributed by atoms with Gasteiger partial charge in [0.2, 0.25) is 0 Å². The lowest BCUT2D eigenvalue weighted by molar-refractivity contribution is 0.413. The molecule has 4 rings (SSSR count). The second kappa shape index (κ2) is 8.06. The highest BCUT2D eigenvalue weighted by Crippen LogP contribution is 2.47. The number of anilines is 1. The molecule has 7 heteroatoms. The van der Waals surface area contributed by atoms with Crippen LogP contribution in [0.2, 0.25) is 0 Å². The van der Waals surface area contributed by atoms with Crippen LogP contribution in [0, 0.1) is 18.6 Å². The number of fused-ring (bicyclic) bond motifs is 1. The Hall–Kier alpha value is -2.54. The fraction of sp³-hybridized carbons (Fsp3) is 0.318. The Bertz CT molecular complexity index is 1040. The van der Waals surface area contributed by atoms with E-state index in [4.69, 9.17) is 4.74 Å². The maximum Gasteiger partial charge on any atom is 0.130 e. The minimum atomic E-state index is -0.555. The molecule has 1 atom stereocenters. The highest BCUT2D eigenvalue weighted by Gasteiger charge is 2.26. The Balaban J connectivity index is 1.70. The molecule has 0 radical (unpaired) electrons. The van der Waals surface area contributed by atoms with Crippen LogP contribution >= 0.6 is 11.8 Å². The summed E-state index contributed by atoms with van der Waals surface area (Å²) >= 11 is 1.60. The first-order valence-electron chi connectivity index (χ1n) is 9.48. The molecule has 2 aromatic carbocycles. The Morgan fingerprint density at radius 2 is 2.03 bits per heavy atom. The van der Waals surface area contributed by atoms with E-state index in [1.807, 2.05) is 30.1 Å². The van der Waals surface area contributed by atoms with Crippen LogP contribution in [0.1, 0.15) is 28.5 Å². The quantitative estimate of drug-likeness (QED) is 0.582. The summed E-state index contributed by atoms with van der Waals surface area (Å²) in [4.78, 5) is 3.32. The summed E-state index contributed by atoms with van der Waals surface area (Å²) in [5.41, 5.74) is 3.90. The van der Waals surface area contributed by atoms with Crippen molar-refractivity contribution in [3.05, 3.63) is 71.1 Å². The van der Waals surface area contributed by atoms with Gasteiger partial charge in [0.05, 0.1) is 19.0 Å². The third kappa shape index (κ3) is 3.96. The molecule has 0 N–H and O–H groups in total. The van der Waals surface area contributed by atoms with E-state index < -0.39 is 11.6 Å². The van der Waals surface area contributed by atoms with Crippen molar-refractivity contribution >= 4 is 17.4 Å². The van der Waals surface area contributed by atoms with Crippen LogP contribution in [0.15, 0.2) is 47.5 Å². The molecule has 0 spiro atoms. The zero-order valence-electron chi connectivity index (χ0n) is 16.7. The van der Waals surface area contributed by atoms with Crippen LogP contribution < -0.4 is 9.64 Å². The third-order valence-electron chi connectivity index (χ3n) is 5.45. The summed E-state index contributed by atoms with van der Waals surface area (Å²) in [5, 5.41) is 4.24. The third-order valence-corrected chi connectivity index (χ3v) is 6.80. The van der Waals surface area contributed by atoms with Gasteiger partial charge in [-0.1, -0.05) is 6.07 Å². The number of aromatic nitrogens is 2. The Labute approximate surface area is 173 Å². The molecule has 29 heavy (non-hydrogen) atoms. The number of rotatable bonds is 4. The summed E-state index contributed by atoms with van der Waals surface area (Å²) < 4.78 is 35.2. The minimum Gasteiger partial charge on any atom is -0.497 e. The Morgan fingerprint density at radius 1 is 1.21 bits per heavy atom. The van der Waals surface area contributed by atoms with Crippen molar-refractivity contribution < 1.29 is 13.5 Å². The standard InChI is InChI=1S/C22H23F2N3OS/c1-14-15(12-25-26(14)2)13-27-9-8-21(18-6-4-16(23)10-19(18)24)29-22-11-17(28-3)5-7-20(22)27/h4-7,10-12,21H,8-9,13H2,1-3H3. The van der Waals surface area contributed by atoms with Gasteiger partial charge in [-0.25, -0.2) is 8.78 Å². The Kier molecular flexibility index (Phi) is 5.50. The smallest absolute Gasteiger partial charge is 0.130 e. The van der Waals surface area contributed by atoms with Crippen LogP contribution in [0.25, 0.3) is 0 Å². The van der Waals surface area contributed by atoms with Crippen molar-refractivity contribution in [2.45, 2.75) is 30.0 Å². The van der Waals surface area contributed by atoms with Crippen molar-refractivity contribution in [2.24, 2.45) is 7.05 Å². The molecule has 1 aliphatic rings. The second-order valence-electron chi connectivity index (χ2n) is 7.20. The number of hydrogen-bond donors (Lipinski definition) is 0. The number of hydrogen-bond acceptors (Lipinski definition) is 4. The van der Waals surface area contributed by atoms with Gasteiger partial charge < -0.3 is 9.64 Å². The molecule has 3 aromatic rings. The predicted molar refractivity (Wildman–Crippen MR) is 112 cm³/mol. The van der Waals surface area contributed by atoms with Gasteiger partial charge >= 0.3 is 0 Å². The van der Waals surface area contributed by atoms with Crippen LogP contribution in [0.3, 0.4) is 0 Å². The molecule has 0 amide bonds. The van der Waals surface area contributed by atoms with Crippen LogP contribution in [0.5, 0.6) is 5.75 Å². The van der Waals surface area contributed by atoms with Crippen LogP contribution in [-0.2, 0) is 13.6 Å². The van der Waals surface area contributed by atoms with Crippen molar-refractivity contribution in [3.8, 4) is 5.75 Å². The molecule has 1 unspecified atom stereocenters. The van der Waals surface area contributed by atoms with E-state index in [0.29, 0.717) is 5.56 Å². The summed E-state index contributed by atoms with van der Waals surface area (Å²) in [5.74, 6) is -0.293. The van der Waals surface area contributed by atoms with Gasteiger partial charge in [-0.3, -0.25) is 4.68 Å². The van der Waals surface area contributed by atoms with Crippen molar-refractivity contribution in [2.75, 3.05) is 18.6 Å². The van der Waals surface area contributed by atoms with E-state index in [-0.39, 0.29) is 5.25 Å². The number of benzene rings is 2. The average molecular weight is 416 g/mol. The highest BCUT2D eigenvalue weighted by molar-refractivity contribution is 7.99. The van der Waals surface area contributed by atoms with E-state index in [1.54, 1.807) is 24.9 Å². The molecule has 0 saturated carbocycles. The van der Waals surface area contributed by atoms with E-state index >= 15 is 0 Å². The van der Waals surface area contributed by atoms with Gasteiger partial charge in [0.25, 0.3) is 0 Å². The van der Waals surface area contributed by atoms with E-state index in [1.165, 1.54) is 6.07 Å². The van der Waals surface area contributed by atoms with Gasteiger partial charge in [-0.2, -0.15) is 5.10 Å². The fourth-order valence-corrected chi connectivity index (χ4v) is 4.98. The maximum atomic E-state index is 14.5. The lowest BCUT2D eigenvalue weighted by Gasteiger charge is -2.24. The average Bonchev–Trinajstić information content (AvgIpc) is 2.92. The first-order valence-corrected chi connectivity index (χ1v) is 10.4. The summed E-state index contributed by atoms with van der Waals surface area (Å²) in [6.45, 7) is 3.53. The summed E-state index contributed by atoms with van der Waals surface area (Å²) in [7, 11) is 3.57. The zero-order chi connectivity index (χ0) is 20.5. The first-order chi connectivity index (χ1) is 14.0.